The molecule has 3 rings (SSSR count). The molecule has 0 aliphatic carbocycles. The van der Waals surface area contributed by atoms with Gasteiger partial charge in [0.1, 0.15) is 0 Å². The highest BCUT2D eigenvalue weighted by molar-refractivity contribution is 7.17. The number of fused-ring (bicyclic) bond motifs is 1. The van der Waals surface area contributed by atoms with Crippen molar-refractivity contribution in [1.82, 2.24) is 4.98 Å². The van der Waals surface area contributed by atoms with Crippen LogP contribution in [0.25, 0.3) is 21.5 Å². The fourth-order valence-electron chi connectivity index (χ4n) is 1.85. The van der Waals surface area contributed by atoms with E-state index in [9.17, 15) is 0 Å². The molecule has 0 bridgehead atoms. The number of hydrazone groups is 1. The van der Waals surface area contributed by atoms with Crippen LogP contribution in [0.4, 0.5) is 0 Å². The number of aromatic amines is 1. The molecule has 0 aliphatic rings. The van der Waals surface area contributed by atoms with Crippen LogP contribution in [0.5, 0.6) is 0 Å². The van der Waals surface area contributed by atoms with Gasteiger partial charge in [-0.15, -0.1) is 11.3 Å². The number of aromatic nitrogens is 1. The molecule has 4 heteroatoms. The second-order valence-electron chi connectivity index (χ2n) is 3.75. The number of nitrogens with zero attached hydrogens (tertiary/aromatic N) is 1. The molecule has 0 radical (unpaired) electrons. The molecule has 0 unspecified atom stereocenters. The molecule has 17 heavy (non-hydrogen) atoms. The summed E-state index contributed by atoms with van der Waals surface area (Å²) >= 11 is 1.67. The second kappa shape index (κ2) is 4.07. The normalized spacial score (nSPS) is 11.5. The SMILES string of the molecule is N/N=C/c1ccc(-c2cc3ccccc3[nH]2)s1. The van der Waals surface area contributed by atoms with Gasteiger partial charge in [0.25, 0.3) is 0 Å². The van der Waals surface area contributed by atoms with Crippen molar-refractivity contribution in [2.24, 2.45) is 10.9 Å². The number of hydrogen-bond donors (Lipinski definition) is 2. The highest BCUT2D eigenvalue weighted by Gasteiger charge is 2.05. The molecule has 0 aliphatic heterocycles. The minimum Gasteiger partial charge on any atom is -0.354 e. The van der Waals surface area contributed by atoms with E-state index in [0.29, 0.717) is 0 Å². The summed E-state index contributed by atoms with van der Waals surface area (Å²) in [5, 5.41) is 4.76. The van der Waals surface area contributed by atoms with Crippen molar-refractivity contribution in [3.63, 3.8) is 0 Å². The van der Waals surface area contributed by atoms with Crippen LogP contribution < -0.4 is 5.84 Å². The number of H-pyrrole nitrogens is 1. The van der Waals surface area contributed by atoms with Crippen LogP contribution in [0.2, 0.25) is 0 Å². The van der Waals surface area contributed by atoms with Crippen LogP contribution in [-0.2, 0) is 0 Å². The number of thiophene rings is 1. The van der Waals surface area contributed by atoms with E-state index in [-0.39, 0.29) is 0 Å². The summed E-state index contributed by atoms with van der Waals surface area (Å²) in [6, 6.07) is 14.5. The second-order valence-corrected chi connectivity index (χ2v) is 4.87. The lowest BCUT2D eigenvalue weighted by molar-refractivity contribution is 1.27. The first-order valence-electron chi connectivity index (χ1n) is 5.28. The van der Waals surface area contributed by atoms with Crippen molar-refractivity contribution < 1.29 is 0 Å². The summed E-state index contributed by atoms with van der Waals surface area (Å²) in [6.45, 7) is 0. The summed E-state index contributed by atoms with van der Waals surface area (Å²) in [5.41, 5.74) is 2.29. The van der Waals surface area contributed by atoms with E-state index in [4.69, 9.17) is 5.84 Å². The molecule has 0 saturated heterocycles. The van der Waals surface area contributed by atoms with Crippen molar-refractivity contribution >= 4 is 28.5 Å². The van der Waals surface area contributed by atoms with E-state index in [1.54, 1.807) is 17.6 Å². The minimum atomic E-state index is 1.06. The smallest absolute Gasteiger partial charge is 0.0638 e. The van der Waals surface area contributed by atoms with Gasteiger partial charge in [-0.2, -0.15) is 5.10 Å². The summed E-state index contributed by atoms with van der Waals surface area (Å²) in [5.74, 6) is 5.14. The lowest BCUT2D eigenvalue weighted by atomic mass is 10.2. The van der Waals surface area contributed by atoms with Gasteiger partial charge in [0.15, 0.2) is 0 Å². The highest BCUT2D eigenvalue weighted by atomic mass is 32.1. The Hall–Kier alpha value is -2.07. The maximum absolute atomic E-state index is 5.14. The molecule has 1 aromatic carbocycles. The predicted molar refractivity (Wildman–Crippen MR) is 73.4 cm³/mol. The Morgan fingerprint density at radius 3 is 2.88 bits per heavy atom. The molecule has 0 atom stereocenters. The van der Waals surface area contributed by atoms with E-state index in [2.05, 4.69) is 34.4 Å². The summed E-state index contributed by atoms with van der Waals surface area (Å²) in [4.78, 5) is 5.65. The van der Waals surface area contributed by atoms with E-state index in [0.717, 1.165) is 16.1 Å². The average molecular weight is 241 g/mol. The molecule has 0 spiro atoms. The minimum absolute atomic E-state index is 1.06. The van der Waals surface area contributed by atoms with Gasteiger partial charge in [-0.1, -0.05) is 18.2 Å². The van der Waals surface area contributed by atoms with Gasteiger partial charge in [-0.25, -0.2) is 0 Å². The van der Waals surface area contributed by atoms with Crippen LogP contribution in [0.15, 0.2) is 47.6 Å². The largest absolute Gasteiger partial charge is 0.354 e. The van der Waals surface area contributed by atoms with E-state index < -0.39 is 0 Å². The first-order valence-corrected chi connectivity index (χ1v) is 6.10. The van der Waals surface area contributed by atoms with Crippen molar-refractivity contribution in [2.45, 2.75) is 0 Å². The fourth-order valence-corrected chi connectivity index (χ4v) is 2.71. The number of hydrogen-bond acceptors (Lipinski definition) is 3. The third-order valence-electron chi connectivity index (χ3n) is 2.62. The van der Waals surface area contributed by atoms with Crippen molar-refractivity contribution in [2.75, 3.05) is 0 Å². The number of para-hydroxylation sites is 1. The molecule has 84 valence electrons. The maximum atomic E-state index is 5.14. The molecule has 0 amide bonds. The first-order chi connectivity index (χ1) is 8.36. The Labute approximate surface area is 103 Å². The van der Waals surface area contributed by atoms with Crippen LogP contribution in [0.3, 0.4) is 0 Å². The van der Waals surface area contributed by atoms with Gasteiger partial charge in [-0.3, -0.25) is 0 Å². The molecular weight excluding hydrogens is 230 g/mol. The fraction of sp³-hybridized carbons (Fsp3) is 0. The summed E-state index contributed by atoms with van der Waals surface area (Å²) < 4.78 is 0. The van der Waals surface area contributed by atoms with Gasteiger partial charge in [0.05, 0.1) is 16.8 Å². The molecule has 0 fully saturated rings. The van der Waals surface area contributed by atoms with Gasteiger partial charge >= 0.3 is 0 Å². The maximum Gasteiger partial charge on any atom is 0.0638 e. The van der Waals surface area contributed by atoms with Gasteiger partial charge in [-0.05, 0) is 24.3 Å². The topological polar surface area (TPSA) is 54.2 Å². The third-order valence-corrected chi connectivity index (χ3v) is 3.68. The molecule has 0 saturated carbocycles. The zero-order valence-corrected chi connectivity index (χ0v) is 9.87. The van der Waals surface area contributed by atoms with Crippen LogP contribution >= 0.6 is 11.3 Å². The van der Waals surface area contributed by atoms with E-state index >= 15 is 0 Å². The lowest BCUT2D eigenvalue weighted by Gasteiger charge is -1.89. The average Bonchev–Trinajstić information content (AvgIpc) is 2.94. The van der Waals surface area contributed by atoms with Gasteiger partial charge in [0, 0.05) is 15.8 Å². The van der Waals surface area contributed by atoms with E-state index in [1.807, 2.05) is 18.2 Å². The predicted octanol–water partition coefficient (Wildman–Crippen LogP) is 3.19. The summed E-state index contributed by atoms with van der Waals surface area (Å²) in [6.07, 6.45) is 1.66. The standard InChI is InChI=1S/C13H11N3S/c14-15-8-10-5-6-13(17-10)12-7-9-3-1-2-4-11(9)16-12/h1-8,16H,14H2/b15-8+. The van der Waals surface area contributed by atoms with Crippen molar-refractivity contribution in [3.8, 4) is 10.6 Å². The Bertz CT molecular complexity index is 646. The van der Waals surface area contributed by atoms with Gasteiger partial charge < -0.3 is 10.8 Å². The van der Waals surface area contributed by atoms with Crippen molar-refractivity contribution in [1.29, 1.82) is 0 Å². The van der Waals surface area contributed by atoms with Crippen molar-refractivity contribution in [3.05, 3.63) is 47.3 Å². The molecular formula is C13H11N3S. The van der Waals surface area contributed by atoms with Gasteiger partial charge in [0.2, 0.25) is 0 Å². The Morgan fingerprint density at radius 2 is 2.06 bits per heavy atom. The van der Waals surface area contributed by atoms with E-state index in [1.165, 1.54) is 10.3 Å². The highest BCUT2D eigenvalue weighted by Crippen LogP contribution is 2.29. The number of rotatable bonds is 2. The third kappa shape index (κ3) is 1.83. The Morgan fingerprint density at radius 1 is 1.18 bits per heavy atom. The summed E-state index contributed by atoms with van der Waals surface area (Å²) in [7, 11) is 0. The first kappa shape index (κ1) is 10.1. The van der Waals surface area contributed by atoms with Crippen LogP contribution in [-0.4, -0.2) is 11.2 Å². The van der Waals surface area contributed by atoms with Crippen LogP contribution in [0, 0.1) is 0 Å². The number of nitrogens with two attached hydrogens (primary N) is 1. The number of nitrogens with one attached hydrogen (secondary N) is 1. The molecule has 2 heterocycles. The zero-order chi connectivity index (χ0) is 11.7. The molecule has 3 nitrogen and oxygen atoms in total. The monoisotopic (exact) mass is 241 g/mol. The number of benzene rings is 1. The molecule has 3 aromatic rings. The molecule has 3 N–H and O–H groups in total. The Kier molecular flexibility index (Phi) is 2.42. The quantitative estimate of drug-likeness (QED) is 0.404. The Balaban J connectivity index is 2.07. The van der Waals surface area contributed by atoms with Crippen LogP contribution in [0.1, 0.15) is 4.88 Å². The zero-order valence-electron chi connectivity index (χ0n) is 9.05. The molecule has 2 aromatic heterocycles. The lowest BCUT2D eigenvalue weighted by Crippen LogP contribution is -1.80.